The summed E-state index contributed by atoms with van der Waals surface area (Å²) in [5.74, 6) is -0.0559. The van der Waals surface area contributed by atoms with Crippen LogP contribution >= 0.6 is 11.3 Å². The highest BCUT2D eigenvalue weighted by atomic mass is 32.1. The third-order valence-corrected chi connectivity index (χ3v) is 6.15. The van der Waals surface area contributed by atoms with Crippen molar-refractivity contribution in [3.8, 4) is 0 Å². The topological polar surface area (TPSA) is 58.6 Å². The van der Waals surface area contributed by atoms with Crippen molar-refractivity contribution < 1.29 is 14.3 Å². The number of thiophene rings is 1. The Morgan fingerprint density at radius 2 is 2.11 bits per heavy atom. The summed E-state index contributed by atoms with van der Waals surface area (Å²) in [5.41, 5.74) is 1.68. The largest absolute Gasteiger partial charge is 0.465 e. The molecular formula is C21H26N2O3S. The van der Waals surface area contributed by atoms with Gasteiger partial charge in [-0.2, -0.15) is 0 Å². The smallest absolute Gasteiger partial charge is 0.337 e. The van der Waals surface area contributed by atoms with Crippen LogP contribution in [0.1, 0.15) is 53.0 Å². The summed E-state index contributed by atoms with van der Waals surface area (Å²) in [5, 5.41) is 5.51. The summed E-state index contributed by atoms with van der Waals surface area (Å²) >= 11 is 1.71. The number of amides is 1. The predicted molar refractivity (Wildman–Crippen MR) is 107 cm³/mol. The maximum atomic E-state index is 12.4. The minimum Gasteiger partial charge on any atom is -0.465 e. The minimum absolute atomic E-state index is 0.149. The van der Waals surface area contributed by atoms with Crippen LogP contribution in [0, 0.1) is 0 Å². The summed E-state index contributed by atoms with van der Waals surface area (Å²) in [6.07, 6.45) is 2.53. The average molecular weight is 387 g/mol. The van der Waals surface area contributed by atoms with Gasteiger partial charge in [0.25, 0.3) is 0 Å². The number of nitrogens with zero attached hydrogens (tertiary/aromatic N) is 1. The predicted octanol–water partition coefficient (Wildman–Crippen LogP) is 3.77. The highest BCUT2D eigenvalue weighted by molar-refractivity contribution is 7.10. The number of esters is 1. The first-order chi connectivity index (χ1) is 13.1. The molecule has 0 spiro atoms. The molecule has 2 heterocycles. The van der Waals surface area contributed by atoms with Gasteiger partial charge in [-0.05, 0) is 55.5 Å². The first-order valence-electron chi connectivity index (χ1n) is 9.32. The average Bonchev–Trinajstić information content (AvgIpc) is 3.35. The highest BCUT2D eigenvalue weighted by Crippen LogP contribution is 2.33. The number of hydrogen-bond donors (Lipinski definition) is 1. The lowest BCUT2D eigenvalue weighted by Crippen LogP contribution is -2.36. The first kappa shape index (κ1) is 19.6. The van der Waals surface area contributed by atoms with Crippen molar-refractivity contribution in [2.24, 2.45) is 0 Å². The molecule has 0 radical (unpaired) electrons. The van der Waals surface area contributed by atoms with Gasteiger partial charge in [-0.1, -0.05) is 18.2 Å². The summed E-state index contributed by atoms with van der Waals surface area (Å²) in [7, 11) is 1.38. The molecule has 0 aliphatic carbocycles. The van der Waals surface area contributed by atoms with Crippen molar-refractivity contribution in [2.75, 3.05) is 13.7 Å². The third kappa shape index (κ3) is 4.76. The lowest BCUT2D eigenvalue weighted by molar-refractivity contribution is -0.131. The van der Waals surface area contributed by atoms with Crippen LogP contribution in [0.2, 0.25) is 0 Å². The lowest BCUT2D eigenvalue weighted by Gasteiger charge is -2.30. The molecule has 2 aromatic rings. The Kier molecular flexibility index (Phi) is 6.63. The Labute approximate surface area is 164 Å². The summed E-state index contributed by atoms with van der Waals surface area (Å²) in [4.78, 5) is 27.1. The molecule has 1 aliphatic rings. The van der Waals surface area contributed by atoms with Gasteiger partial charge in [-0.25, -0.2) is 4.79 Å². The van der Waals surface area contributed by atoms with Crippen molar-refractivity contribution in [3.05, 3.63) is 57.8 Å². The molecule has 3 rings (SSSR count). The van der Waals surface area contributed by atoms with Gasteiger partial charge >= 0.3 is 5.97 Å². The fourth-order valence-corrected chi connectivity index (χ4v) is 4.40. The molecule has 2 unspecified atom stereocenters. The normalized spacial score (nSPS) is 17.9. The van der Waals surface area contributed by atoms with E-state index in [9.17, 15) is 9.59 Å². The third-order valence-electron chi connectivity index (χ3n) is 5.10. The molecule has 5 nitrogen and oxygen atoms in total. The second kappa shape index (κ2) is 9.15. The quantitative estimate of drug-likeness (QED) is 0.554. The molecule has 2 atom stereocenters. The van der Waals surface area contributed by atoms with Gasteiger partial charge < -0.3 is 15.0 Å². The van der Waals surface area contributed by atoms with Crippen molar-refractivity contribution in [1.29, 1.82) is 0 Å². The number of ether oxygens (including phenoxy) is 1. The Hall–Kier alpha value is -2.18. The van der Waals surface area contributed by atoms with E-state index in [4.69, 9.17) is 4.74 Å². The molecule has 1 aromatic heterocycles. The summed E-state index contributed by atoms with van der Waals surface area (Å²) in [6.45, 7) is 3.71. The van der Waals surface area contributed by atoms with E-state index in [0.717, 1.165) is 31.5 Å². The van der Waals surface area contributed by atoms with Gasteiger partial charge in [0.2, 0.25) is 5.91 Å². The Morgan fingerprint density at radius 3 is 2.78 bits per heavy atom. The molecule has 1 aliphatic heterocycles. The van der Waals surface area contributed by atoms with Gasteiger partial charge in [-0.15, -0.1) is 11.3 Å². The van der Waals surface area contributed by atoms with Crippen LogP contribution in [0.25, 0.3) is 0 Å². The molecule has 6 heteroatoms. The molecule has 0 saturated carbocycles. The molecule has 1 amide bonds. The molecule has 1 N–H and O–H groups in total. The SMILES string of the molecule is COC(=O)c1ccc(CNCCC2CCC(=O)N2C(C)c2cccs2)cc1. The number of hydrogen-bond acceptors (Lipinski definition) is 5. The van der Waals surface area contributed by atoms with Gasteiger partial charge in [-0.3, -0.25) is 4.79 Å². The highest BCUT2D eigenvalue weighted by Gasteiger charge is 2.34. The van der Waals surface area contributed by atoms with E-state index >= 15 is 0 Å². The summed E-state index contributed by atoms with van der Waals surface area (Å²) in [6, 6.07) is 12.0. The van der Waals surface area contributed by atoms with Gasteiger partial charge in [0.05, 0.1) is 18.7 Å². The minimum atomic E-state index is -0.319. The first-order valence-corrected chi connectivity index (χ1v) is 10.2. The molecule has 0 bridgehead atoms. The monoisotopic (exact) mass is 386 g/mol. The standard InChI is InChI=1S/C21H26N2O3S/c1-15(19-4-3-13-27-19)23-18(9-10-20(23)24)11-12-22-14-16-5-7-17(8-6-16)21(25)26-2/h3-8,13,15,18,22H,9-12,14H2,1-2H3. The maximum Gasteiger partial charge on any atom is 0.337 e. The van der Waals surface area contributed by atoms with E-state index in [0.29, 0.717) is 18.0 Å². The zero-order valence-corrected chi connectivity index (χ0v) is 16.6. The number of nitrogens with one attached hydrogen (secondary N) is 1. The van der Waals surface area contributed by atoms with Gasteiger partial charge in [0.1, 0.15) is 0 Å². The number of likely N-dealkylation sites (tertiary alicyclic amines) is 1. The van der Waals surface area contributed by atoms with Gasteiger partial charge in [0, 0.05) is 23.9 Å². The van der Waals surface area contributed by atoms with Crippen molar-refractivity contribution in [1.82, 2.24) is 10.2 Å². The number of carbonyl (C=O) groups excluding carboxylic acids is 2. The van der Waals surface area contributed by atoms with Crippen LogP contribution in [-0.4, -0.2) is 36.5 Å². The number of benzene rings is 1. The van der Waals surface area contributed by atoms with Crippen molar-refractivity contribution in [3.63, 3.8) is 0 Å². The maximum absolute atomic E-state index is 12.4. The number of rotatable bonds is 8. The fraction of sp³-hybridized carbons (Fsp3) is 0.429. The van der Waals surface area contributed by atoms with E-state index < -0.39 is 0 Å². The lowest BCUT2D eigenvalue weighted by atomic mass is 10.1. The van der Waals surface area contributed by atoms with Crippen LogP contribution in [0.3, 0.4) is 0 Å². The van der Waals surface area contributed by atoms with Gasteiger partial charge in [0.15, 0.2) is 0 Å². The second-order valence-corrected chi connectivity index (χ2v) is 7.82. The van der Waals surface area contributed by atoms with Crippen LogP contribution in [-0.2, 0) is 16.1 Å². The molecule has 144 valence electrons. The van der Waals surface area contributed by atoms with E-state index in [1.807, 2.05) is 18.2 Å². The Bertz CT molecular complexity index is 758. The summed E-state index contributed by atoms with van der Waals surface area (Å²) < 4.78 is 4.71. The Morgan fingerprint density at radius 1 is 1.33 bits per heavy atom. The van der Waals surface area contributed by atoms with E-state index in [1.54, 1.807) is 23.5 Å². The molecule has 27 heavy (non-hydrogen) atoms. The van der Waals surface area contributed by atoms with Crippen molar-refractivity contribution >= 4 is 23.2 Å². The van der Waals surface area contributed by atoms with E-state index in [2.05, 4.69) is 28.6 Å². The molecular weight excluding hydrogens is 360 g/mol. The fourth-order valence-electron chi connectivity index (χ4n) is 3.62. The van der Waals surface area contributed by atoms with E-state index in [-0.39, 0.29) is 17.9 Å². The van der Waals surface area contributed by atoms with Crippen LogP contribution < -0.4 is 5.32 Å². The van der Waals surface area contributed by atoms with E-state index in [1.165, 1.54) is 12.0 Å². The van der Waals surface area contributed by atoms with Crippen LogP contribution in [0.5, 0.6) is 0 Å². The van der Waals surface area contributed by atoms with Crippen molar-refractivity contribution in [2.45, 2.75) is 44.8 Å². The Balaban J connectivity index is 1.48. The molecule has 1 fully saturated rings. The zero-order valence-electron chi connectivity index (χ0n) is 15.8. The molecule has 1 aromatic carbocycles. The zero-order chi connectivity index (χ0) is 19.2. The molecule has 1 saturated heterocycles. The number of methoxy groups -OCH3 is 1. The van der Waals surface area contributed by atoms with Crippen LogP contribution in [0.15, 0.2) is 41.8 Å². The second-order valence-electron chi connectivity index (χ2n) is 6.84. The van der Waals surface area contributed by atoms with Crippen LogP contribution in [0.4, 0.5) is 0 Å². The number of carbonyl (C=O) groups is 2.